The highest BCUT2D eigenvalue weighted by atomic mass is 127. The lowest BCUT2D eigenvalue weighted by Gasteiger charge is -2.20. The van der Waals surface area contributed by atoms with Gasteiger partial charge in [-0.1, -0.05) is 6.08 Å². The largest absolute Gasteiger partial charge is 0.395 e. The van der Waals surface area contributed by atoms with Crippen LogP contribution < -0.4 is 10.6 Å². The van der Waals surface area contributed by atoms with Crippen LogP contribution in [0.4, 0.5) is 5.69 Å². The monoisotopic (exact) mass is 372 g/mol. The number of allylic oxidation sites excluding steroid dienone is 1. The third-order valence-corrected chi connectivity index (χ3v) is 3.45. The zero-order chi connectivity index (χ0) is 13.8. The highest BCUT2D eigenvalue weighted by molar-refractivity contribution is 14.1. The maximum Gasteiger partial charge on any atom is 0.288 e. The lowest BCUT2D eigenvalue weighted by atomic mass is 9.91. The Balaban J connectivity index is 2.23. The second-order valence-electron chi connectivity index (χ2n) is 4.06. The summed E-state index contributed by atoms with van der Waals surface area (Å²) in [6, 6.07) is 5.69. The SMILES string of the molecule is O=C(NCCO)C(=O)C1C=CNc2ccc(I)cc21. The number of nitrogens with one attached hydrogen (secondary N) is 2. The van der Waals surface area contributed by atoms with Gasteiger partial charge in [-0.15, -0.1) is 0 Å². The quantitative estimate of drug-likeness (QED) is 0.544. The molecule has 1 unspecified atom stereocenters. The van der Waals surface area contributed by atoms with Gasteiger partial charge in [0.15, 0.2) is 0 Å². The summed E-state index contributed by atoms with van der Waals surface area (Å²) in [7, 11) is 0. The predicted octanol–water partition coefficient (Wildman–Crippen LogP) is 0.992. The van der Waals surface area contributed by atoms with Gasteiger partial charge in [-0.3, -0.25) is 9.59 Å². The minimum Gasteiger partial charge on any atom is -0.395 e. The Bertz CT molecular complexity index is 543. The molecule has 6 heteroatoms. The molecule has 2 rings (SSSR count). The van der Waals surface area contributed by atoms with E-state index in [-0.39, 0.29) is 13.2 Å². The normalized spacial score (nSPS) is 16.4. The van der Waals surface area contributed by atoms with Crippen LogP contribution in [-0.2, 0) is 9.59 Å². The van der Waals surface area contributed by atoms with Gasteiger partial charge in [-0.05, 0) is 52.6 Å². The third-order valence-electron chi connectivity index (χ3n) is 2.78. The Kier molecular flexibility index (Phi) is 4.54. The second-order valence-corrected chi connectivity index (χ2v) is 5.30. The molecule has 100 valence electrons. The van der Waals surface area contributed by atoms with E-state index in [0.29, 0.717) is 0 Å². The molecule has 0 fully saturated rings. The Morgan fingerprint density at radius 1 is 1.42 bits per heavy atom. The van der Waals surface area contributed by atoms with Gasteiger partial charge in [0.05, 0.1) is 12.5 Å². The summed E-state index contributed by atoms with van der Waals surface area (Å²) in [6.07, 6.45) is 3.33. The number of Topliss-reactive ketones (excluding diaryl/α,β-unsaturated/α-hetero) is 1. The van der Waals surface area contributed by atoms with Crippen molar-refractivity contribution in [1.82, 2.24) is 5.32 Å². The Hall–Kier alpha value is -1.41. The molecule has 1 aliphatic rings. The number of ketones is 1. The molecule has 1 aliphatic heterocycles. The molecule has 3 N–H and O–H groups in total. The topological polar surface area (TPSA) is 78.4 Å². The number of amides is 1. The van der Waals surface area contributed by atoms with Gasteiger partial charge in [0.1, 0.15) is 0 Å². The first-order valence-corrected chi connectivity index (χ1v) is 6.87. The number of aliphatic hydroxyl groups is 1. The van der Waals surface area contributed by atoms with Crippen LogP contribution in [0, 0.1) is 3.57 Å². The maximum absolute atomic E-state index is 12.1. The molecule has 0 aromatic heterocycles. The maximum atomic E-state index is 12.1. The molecule has 0 saturated carbocycles. The lowest BCUT2D eigenvalue weighted by molar-refractivity contribution is -0.138. The van der Waals surface area contributed by atoms with Crippen molar-refractivity contribution in [3.63, 3.8) is 0 Å². The summed E-state index contributed by atoms with van der Waals surface area (Å²) in [6.45, 7) is -0.103. The van der Waals surface area contributed by atoms with Crippen LogP contribution >= 0.6 is 22.6 Å². The first-order chi connectivity index (χ1) is 9.13. The van der Waals surface area contributed by atoms with E-state index in [1.165, 1.54) is 0 Å². The summed E-state index contributed by atoms with van der Waals surface area (Å²) in [5, 5.41) is 14.1. The fourth-order valence-corrected chi connectivity index (χ4v) is 2.40. The number of fused-ring (bicyclic) bond motifs is 1. The van der Waals surface area contributed by atoms with E-state index >= 15 is 0 Å². The molecular weight excluding hydrogens is 359 g/mol. The number of rotatable bonds is 4. The van der Waals surface area contributed by atoms with Crippen LogP contribution in [0.1, 0.15) is 11.5 Å². The van der Waals surface area contributed by atoms with Crippen molar-refractivity contribution in [2.75, 3.05) is 18.5 Å². The van der Waals surface area contributed by atoms with E-state index in [1.807, 2.05) is 18.2 Å². The van der Waals surface area contributed by atoms with Crippen LogP contribution in [0.15, 0.2) is 30.5 Å². The van der Waals surface area contributed by atoms with Gasteiger partial charge >= 0.3 is 0 Å². The second kappa shape index (κ2) is 6.16. The molecule has 0 bridgehead atoms. The summed E-state index contributed by atoms with van der Waals surface area (Å²) in [5.41, 5.74) is 1.62. The molecule has 0 radical (unpaired) electrons. The van der Waals surface area contributed by atoms with Crippen LogP contribution in [0.3, 0.4) is 0 Å². The molecule has 19 heavy (non-hydrogen) atoms. The summed E-state index contributed by atoms with van der Waals surface area (Å²) in [4.78, 5) is 23.8. The van der Waals surface area contributed by atoms with Crippen molar-refractivity contribution in [1.29, 1.82) is 0 Å². The van der Waals surface area contributed by atoms with Gasteiger partial charge in [-0.2, -0.15) is 0 Å². The zero-order valence-corrected chi connectivity index (χ0v) is 12.2. The molecule has 0 saturated heterocycles. The van der Waals surface area contributed by atoms with Crippen molar-refractivity contribution in [3.05, 3.63) is 39.6 Å². The third kappa shape index (κ3) is 3.13. The van der Waals surface area contributed by atoms with Gasteiger partial charge in [0.25, 0.3) is 5.91 Å². The van der Waals surface area contributed by atoms with Crippen LogP contribution in [0.5, 0.6) is 0 Å². The predicted molar refractivity (Wildman–Crippen MR) is 79.8 cm³/mol. The first kappa shape index (κ1) is 14.0. The molecule has 1 aromatic carbocycles. The van der Waals surface area contributed by atoms with Crippen LogP contribution in [0.25, 0.3) is 0 Å². The van der Waals surface area contributed by atoms with Crippen molar-refractivity contribution in [2.24, 2.45) is 0 Å². The van der Waals surface area contributed by atoms with Gasteiger partial charge < -0.3 is 15.7 Å². The number of hydrogen-bond acceptors (Lipinski definition) is 4. The zero-order valence-electron chi connectivity index (χ0n) is 10.0. The van der Waals surface area contributed by atoms with E-state index in [0.717, 1.165) is 14.8 Å². The van der Waals surface area contributed by atoms with Crippen LogP contribution in [-0.4, -0.2) is 29.9 Å². The molecule has 0 aliphatic carbocycles. The number of halogens is 1. The average molecular weight is 372 g/mol. The molecule has 5 nitrogen and oxygen atoms in total. The minimum absolute atomic E-state index is 0.0818. The van der Waals surface area contributed by atoms with E-state index in [4.69, 9.17) is 5.11 Å². The fourth-order valence-electron chi connectivity index (χ4n) is 1.89. The average Bonchev–Trinajstić information content (AvgIpc) is 2.43. The van der Waals surface area contributed by atoms with Gasteiger partial charge in [0, 0.05) is 15.8 Å². The number of carbonyl (C=O) groups is 2. The number of hydrogen-bond donors (Lipinski definition) is 3. The minimum atomic E-state index is -0.671. The lowest BCUT2D eigenvalue weighted by Crippen LogP contribution is -2.36. The Morgan fingerprint density at radius 3 is 2.95 bits per heavy atom. The molecule has 1 aromatic rings. The van der Waals surface area contributed by atoms with Gasteiger partial charge in [-0.25, -0.2) is 0 Å². The van der Waals surface area contributed by atoms with Crippen molar-refractivity contribution < 1.29 is 14.7 Å². The number of aliphatic hydroxyl groups excluding tert-OH is 1. The van der Waals surface area contributed by atoms with Crippen molar-refractivity contribution in [2.45, 2.75) is 5.92 Å². The van der Waals surface area contributed by atoms with Gasteiger partial charge in [0.2, 0.25) is 5.78 Å². The highest BCUT2D eigenvalue weighted by Gasteiger charge is 2.28. The molecule has 1 atom stereocenters. The van der Waals surface area contributed by atoms with Crippen molar-refractivity contribution in [3.8, 4) is 0 Å². The molecule has 1 amide bonds. The molecule has 0 spiro atoms. The van der Waals surface area contributed by atoms with E-state index in [9.17, 15) is 9.59 Å². The number of anilines is 1. The van der Waals surface area contributed by atoms with E-state index in [2.05, 4.69) is 33.2 Å². The smallest absolute Gasteiger partial charge is 0.288 e. The number of carbonyl (C=O) groups excluding carboxylic acids is 2. The molecule has 1 heterocycles. The van der Waals surface area contributed by atoms with Crippen LogP contribution in [0.2, 0.25) is 0 Å². The standard InChI is InChI=1S/C13H13IN2O3/c14-8-1-2-11-10(7-8)9(3-4-15-11)12(18)13(19)16-5-6-17/h1-4,7,9,15,17H,5-6H2,(H,16,19). The summed E-state index contributed by atoms with van der Waals surface area (Å²) >= 11 is 2.16. The molecular formula is C13H13IN2O3. The Morgan fingerprint density at radius 2 is 2.21 bits per heavy atom. The Labute approximate surface area is 124 Å². The number of benzene rings is 1. The summed E-state index contributed by atoms with van der Waals surface area (Å²) in [5.74, 6) is -1.77. The summed E-state index contributed by atoms with van der Waals surface area (Å²) < 4.78 is 1.00. The van der Waals surface area contributed by atoms with Crippen molar-refractivity contribution >= 4 is 40.0 Å². The highest BCUT2D eigenvalue weighted by Crippen LogP contribution is 2.31. The van der Waals surface area contributed by atoms with E-state index in [1.54, 1.807) is 12.3 Å². The first-order valence-electron chi connectivity index (χ1n) is 5.79. The van der Waals surface area contributed by atoms with E-state index < -0.39 is 17.6 Å². The fraction of sp³-hybridized carbons (Fsp3) is 0.231.